The van der Waals surface area contributed by atoms with Gasteiger partial charge in [0.2, 0.25) is 5.88 Å². The molecule has 0 aliphatic carbocycles. The van der Waals surface area contributed by atoms with Crippen molar-refractivity contribution < 1.29 is 19.0 Å². The zero-order chi connectivity index (χ0) is 25.3. The summed E-state index contributed by atoms with van der Waals surface area (Å²) in [5.41, 5.74) is 3.12. The minimum atomic E-state index is -0.517. The van der Waals surface area contributed by atoms with E-state index >= 15 is 0 Å². The van der Waals surface area contributed by atoms with Gasteiger partial charge < -0.3 is 19.0 Å². The number of thiophene rings is 1. The zero-order valence-corrected chi connectivity index (χ0v) is 20.4. The average molecular weight is 511 g/mol. The summed E-state index contributed by atoms with van der Waals surface area (Å²) in [6.45, 7) is 2.01. The van der Waals surface area contributed by atoms with Gasteiger partial charge in [-0.05, 0) is 54.3 Å². The van der Waals surface area contributed by atoms with Crippen LogP contribution in [0.2, 0.25) is 0 Å². The summed E-state index contributed by atoms with van der Waals surface area (Å²) >= 11 is 1.55. The van der Waals surface area contributed by atoms with Crippen LogP contribution in [0, 0.1) is 6.92 Å². The first-order valence-corrected chi connectivity index (χ1v) is 12.3. The van der Waals surface area contributed by atoms with Crippen molar-refractivity contribution in [1.82, 2.24) is 19.6 Å². The minimum absolute atomic E-state index is 0.0205. The number of benzene rings is 2. The van der Waals surface area contributed by atoms with Crippen LogP contribution in [0.3, 0.4) is 0 Å². The van der Waals surface area contributed by atoms with Crippen molar-refractivity contribution in [2.45, 2.75) is 12.8 Å². The van der Waals surface area contributed by atoms with E-state index < -0.39 is 11.5 Å². The predicted molar refractivity (Wildman–Crippen MR) is 137 cm³/mol. The van der Waals surface area contributed by atoms with E-state index in [1.54, 1.807) is 40.1 Å². The number of hydrogen-bond acceptors (Lipinski definition) is 9. The molecule has 182 valence electrons. The molecule has 5 heterocycles. The number of para-hydroxylation sites is 1. The Morgan fingerprint density at radius 1 is 1.14 bits per heavy atom. The van der Waals surface area contributed by atoms with E-state index in [0.717, 1.165) is 10.4 Å². The Morgan fingerprint density at radius 3 is 2.78 bits per heavy atom. The van der Waals surface area contributed by atoms with Gasteiger partial charge in [-0.25, -0.2) is 19.3 Å². The average Bonchev–Trinajstić information content (AvgIpc) is 3.53. The summed E-state index contributed by atoms with van der Waals surface area (Å²) in [5.74, 6) is 0.985. The third-order valence-corrected chi connectivity index (χ3v) is 7.65. The van der Waals surface area contributed by atoms with E-state index in [9.17, 15) is 9.90 Å². The predicted octanol–water partition coefficient (Wildman–Crippen LogP) is 5.27. The molecule has 9 nitrogen and oxygen atoms in total. The molecule has 6 aromatic rings. The monoisotopic (exact) mass is 510 g/mol. The van der Waals surface area contributed by atoms with Crippen LogP contribution < -0.4 is 15.1 Å². The van der Waals surface area contributed by atoms with Crippen LogP contribution in [0.1, 0.15) is 27.5 Å². The Morgan fingerprint density at radius 2 is 2.00 bits per heavy atom. The lowest BCUT2D eigenvalue weighted by molar-refractivity contribution is 0.373. The molecular formula is C27H18N4O5S. The topological polar surface area (TPSA) is 112 Å². The Bertz CT molecular complexity index is 1920. The molecule has 2 aromatic carbocycles. The highest BCUT2D eigenvalue weighted by Gasteiger charge is 2.38. The second kappa shape index (κ2) is 7.90. The molecule has 0 radical (unpaired) electrons. The molecule has 4 aromatic heterocycles. The summed E-state index contributed by atoms with van der Waals surface area (Å²) in [6.07, 6.45) is 1.53. The Hall–Kier alpha value is -4.70. The molecule has 1 unspecified atom stereocenters. The number of phenols is 1. The van der Waals surface area contributed by atoms with Crippen molar-refractivity contribution in [3.05, 3.63) is 92.2 Å². The highest BCUT2D eigenvalue weighted by atomic mass is 32.1. The van der Waals surface area contributed by atoms with Gasteiger partial charge in [-0.1, -0.05) is 12.1 Å². The van der Waals surface area contributed by atoms with Gasteiger partial charge in [-0.2, -0.15) is 0 Å². The molecule has 37 heavy (non-hydrogen) atoms. The van der Waals surface area contributed by atoms with E-state index in [0.29, 0.717) is 56.5 Å². The molecule has 0 amide bonds. The molecule has 1 atom stereocenters. The van der Waals surface area contributed by atoms with E-state index in [1.807, 2.05) is 36.6 Å². The molecule has 7 rings (SSSR count). The summed E-state index contributed by atoms with van der Waals surface area (Å²) < 4.78 is 18.7. The van der Waals surface area contributed by atoms with Gasteiger partial charge in [0, 0.05) is 10.4 Å². The lowest BCUT2D eigenvalue weighted by atomic mass is 9.87. The van der Waals surface area contributed by atoms with Crippen molar-refractivity contribution >= 4 is 28.0 Å². The molecule has 0 saturated carbocycles. The fourth-order valence-corrected chi connectivity index (χ4v) is 5.87. The first-order valence-electron chi connectivity index (χ1n) is 11.4. The fraction of sp³-hybridized carbons (Fsp3) is 0.111. The van der Waals surface area contributed by atoms with E-state index in [2.05, 4.69) is 10.1 Å². The lowest BCUT2D eigenvalue weighted by Crippen LogP contribution is -2.22. The Balaban J connectivity index is 1.51. The van der Waals surface area contributed by atoms with Crippen LogP contribution in [0.25, 0.3) is 28.0 Å². The largest absolute Gasteiger partial charge is 0.504 e. The SMILES string of the molecule is COc1ccc(-c2nc3c4c(ncn3n2)Oc2c(c(=O)oc3ccccc23)C4c2sccc2C)cc1O. The number of aryl methyl sites for hydroxylation is 1. The number of ether oxygens (including phenoxy) is 2. The first kappa shape index (κ1) is 21.6. The second-order valence-electron chi connectivity index (χ2n) is 8.69. The van der Waals surface area contributed by atoms with Crippen molar-refractivity contribution in [3.63, 3.8) is 0 Å². The van der Waals surface area contributed by atoms with Crippen molar-refractivity contribution in [3.8, 4) is 34.5 Å². The van der Waals surface area contributed by atoms with Crippen LogP contribution in [-0.2, 0) is 0 Å². The maximum absolute atomic E-state index is 13.4. The third kappa shape index (κ3) is 3.15. The number of hydrogen-bond donors (Lipinski definition) is 1. The maximum Gasteiger partial charge on any atom is 0.344 e. The number of rotatable bonds is 3. The quantitative estimate of drug-likeness (QED) is 0.320. The van der Waals surface area contributed by atoms with Gasteiger partial charge in [0.25, 0.3) is 0 Å². The van der Waals surface area contributed by atoms with Crippen molar-refractivity contribution in [2.24, 2.45) is 0 Å². The smallest absolute Gasteiger partial charge is 0.344 e. The third-order valence-electron chi connectivity index (χ3n) is 6.56. The zero-order valence-electron chi connectivity index (χ0n) is 19.6. The number of aromatic nitrogens is 4. The fourth-order valence-electron chi connectivity index (χ4n) is 4.82. The van der Waals surface area contributed by atoms with Gasteiger partial charge in [-0.15, -0.1) is 16.4 Å². The first-order chi connectivity index (χ1) is 18.0. The molecule has 0 spiro atoms. The highest BCUT2D eigenvalue weighted by molar-refractivity contribution is 7.10. The second-order valence-corrected chi connectivity index (χ2v) is 9.63. The number of nitrogens with zero attached hydrogens (tertiary/aromatic N) is 4. The highest BCUT2D eigenvalue weighted by Crippen LogP contribution is 2.50. The molecule has 0 saturated heterocycles. The van der Waals surface area contributed by atoms with Crippen LogP contribution in [0.5, 0.6) is 23.1 Å². The standard InChI is InChI=1S/C27H18N4O5S/c1-13-9-10-37-23(13)19-20-22(15-5-3-4-6-17(15)35-27(20)33)36-26-21(19)25-29-24(30-31(25)12-28-26)14-7-8-18(34-2)16(32)11-14/h3-12,19,32H,1-2H3. The molecule has 1 N–H and O–H groups in total. The summed E-state index contributed by atoms with van der Waals surface area (Å²) in [5, 5.41) is 17.6. The molecule has 0 fully saturated rings. The molecule has 10 heteroatoms. The van der Waals surface area contributed by atoms with Crippen LogP contribution in [-0.4, -0.2) is 31.8 Å². The Kier molecular flexibility index (Phi) is 4.61. The number of methoxy groups -OCH3 is 1. The van der Waals surface area contributed by atoms with Crippen molar-refractivity contribution in [1.29, 1.82) is 0 Å². The van der Waals surface area contributed by atoms with E-state index in [4.69, 9.17) is 18.9 Å². The minimum Gasteiger partial charge on any atom is -0.504 e. The maximum atomic E-state index is 13.4. The summed E-state index contributed by atoms with van der Waals surface area (Å²) in [6, 6.07) is 14.3. The van der Waals surface area contributed by atoms with Crippen molar-refractivity contribution in [2.75, 3.05) is 7.11 Å². The van der Waals surface area contributed by atoms with Crippen LogP contribution in [0.15, 0.2) is 69.5 Å². The molecular weight excluding hydrogens is 492 g/mol. The molecule has 0 bridgehead atoms. The van der Waals surface area contributed by atoms with Crippen LogP contribution >= 0.6 is 11.3 Å². The lowest BCUT2D eigenvalue weighted by Gasteiger charge is -2.26. The Labute approximate surface area is 213 Å². The van der Waals surface area contributed by atoms with Crippen LogP contribution in [0.4, 0.5) is 0 Å². The van der Waals surface area contributed by atoms with Gasteiger partial charge in [-0.3, -0.25) is 0 Å². The molecule has 1 aliphatic rings. The van der Waals surface area contributed by atoms with Gasteiger partial charge >= 0.3 is 5.63 Å². The number of aromatic hydroxyl groups is 1. The van der Waals surface area contributed by atoms with E-state index in [-0.39, 0.29) is 5.75 Å². The number of phenolic OH excluding ortho intramolecular Hbond substituents is 1. The summed E-state index contributed by atoms with van der Waals surface area (Å²) in [7, 11) is 1.49. The van der Waals surface area contributed by atoms with Gasteiger partial charge in [0.15, 0.2) is 28.7 Å². The van der Waals surface area contributed by atoms with Gasteiger partial charge in [0.05, 0.1) is 29.5 Å². The summed E-state index contributed by atoms with van der Waals surface area (Å²) in [4.78, 5) is 23.8. The van der Waals surface area contributed by atoms with E-state index in [1.165, 1.54) is 13.4 Å². The number of fused-ring (bicyclic) bond motifs is 6. The van der Waals surface area contributed by atoms with Gasteiger partial charge in [0.1, 0.15) is 11.9 Å². The normalized spacial score (nSPS) is 14.4. The molecule has 1 aliphatic heterocycles.